The second-order valence-electron chi connectivity index (χ2n) is 1.89. The monoisotopic (exact) mass is 127 g/mol. The molecule has 0 bridgehead atoms. The fraction of sp³-hybridized carbons (Fsp3) is 0.500. The van der Waals surface area contributed by atoms with Gasteiger partial charge in [0.05, 0.1) is 6.54 Å². The average molecular weight is 127 g/mol. The highest BCUT2D eigenvalue weighted by Gasteiger charge is 2.09. The molecule has 0 heterocycles. The molecule has 0 spiro atoms. The summed E-state index contributed by atoms with van der Waals surface area (Å²) in [7, 11) is 0. The van der Waals surface area contributed by atoms with Gasteiger partial charge in [-0.1, -0.05) is 0 Å². The molecule has 1 aliphatic carbocycles. The SMILES string of the molecule is NCC(=O)OC1=CCC1. The van der Waals surface area contributed by atoms with Crippen molar-refractivity contribution in [3.8, 4) is 0 Å². The van der Waals surface area contributed by atoms with Gasteiger partial charge in [0, 0.05) is 6.42 Å². The number of rotatable bonds is 2. The Morgan fingerprint density at radius 3 is 2.89 bits per heavy atom. The first-order valence-electron chi connectivity index (χ1n) is 2.92. The van der Waals surface area contributed by atoms with Gasteiger partial charge >= 0.3 is 5.97 Å². The lowest BCUT2D eigenvalue weighted by Crippen LogP contribution is -2.17. The number of nitrogens with two attached hydrogens (primary N) is 1. The fourth-order valence-electron chi connectivity index (χ4n) is 0.543. The summed E-state index contributed by atoms with van der Waals surface area (Å²) in [5.74, 6) is 0.423. The van der Waals surface area contributed by atoms with E-state index in [-0.39, 0.29) is 12.5 Å². The standard InChI is InChI=1S/C6H9NO2/c7-4-6(8)9-5-2-1-3-5/h2H,1,3-4,7H2. The first-order chi connectivity index (χ1) is 4.33. The summed E-state index contributed by atoms with van der Waals surface area (Å²) < 4.78 is 4.73. The van der Waals surface area contributed by atoms with Crippen molar-refractivity contribution in [1.82, 2.24) is 0 Å². The minimum atomic E-state index is -0.346. The van der Waals surface area contributed by atoms with Crippen LogP contribution in [0.3, 0.4) is 0 Å². The Morgan fingerprint density at radius 2 is 2.56 bits per heavy atom. The predicted molar refractivity (Wildman–Crippen MR) is 32.5 cm³/mol. The van der Waals surface area contributed by atoms with Crippen molar-refractivity contribution < 1.29 is 9.53 Å². The number of ether oxygens (including phenoxy) is 1. The van der Waals surface area contributed by atoms with Gasteiger partial charge in [0.2, 0.25) is 0 Å². The molecule has 0 aliphatic heterocycles. The van der Waals surface area contributed by atoms with Crippen molar-refractivity contribution in [1.29, 1.82) is 0 Å². The van der Waals surface area contributed by atoms with Crippen molar-refractivity contribution in [2.45, 2.75) is 12.8 Å². The van der Waals surface area contributed by atoms with Gasteiger partial charge in [-0.3, -0.25) is 4.79 Å². The van der Waals surface area contributed by atoms with Crippen molar-refractivity contribution in [3.63, 3.8) is 0 Å². The molecule has 0 atom stereocenters. The van der Waals surface area contributed by atoms with E-state index in [1.165, 1.54) is 0 Å². The van der Waals surface area contributed by atoms with Crippen LogP contribution in [-0.2, 0) is 9.53 Å². The Bertz CT molecular complexity index is 151. The highest BCUT2D eigenvalue weighted by molar-refractivity contribution is 5.72. The molecule has 0 radical (unpaired) electrons. The maximum atomic E-state index is 10.4. The summed E-state index contributed by atoms with van der Waals surface area (Å²) in [5, 5.41) is 0. The summed E-state index contributed by atoms with van der Waals surface area (Å²) >= 11 is 0. The first kappa shape index (κ1) is 6.29. The lowest BCUT2D eigenvalue weighted by molar-refractivity contribution is -0.138. The zero-order chi connectivity index (χ0) is 6.69. The Balaban J connectivity index is 2.24. The third kappa shape index (κ3) is 1.54. The van der Waals surface area contributed by atoms with Crippen LogP contribution in [-0.4, -0.2) is 12.5 Å². The maximum Gasteiger partial charge on any atom is 0.324 e. The van der Waals surface area contributed by atoms with Crippen LogP contribution >= 0.6 is 0 Å². The smallest absolute Gasteiger partial charge is 0.324 e. The van der Waals surface area contributed by atoms with Crippen LogP contribution in [0.1, 0.15) is 12.8 Å². The minimum Gasteiger partial charge on any atom is -0.430 e. The van der Waals surface area contributed by atoms with E-state index in [2.05, 4.69) is 0 Å². The molecule has 0 fully saturated rings. The summed E-state index contributed by atoms with van der Waals surface area (Å²) in [6.45, 7) is -0.0304. The maximum absolute atomic E-state index is 10.4. The summed E-state index contributed by atoms with van der Waals surface area (Å²) in [5.41, 5.74) is 5.00. The van der Waals surface area contributed by atoms with Gasteiger partial charge in [-0.25, -0.2) is 0 Å². The van der Waals surface area contributed by atoms with E-state index in [0.717, 1.165) is 18.6 Å². The third-order valence-corrected chi connectivity index (χ3v) is 1.17. The fourth-order valence-corrected chi connectivity index (χ4v) is 0.543. The molecule has 3 heteroatoms. The van der Waals surface area contributed by atoms with E-state index in [4.69, 9.17) is 10.5 Å². The first-order valence-corrected chi connectivity index (χ1v) is 2.92. The summed E-state index contributed by atoms with van der Waals surface area (Å²) in [6.07, 6.45) is 3.78. The van der Waals surface area contributed by atoms with Gasteiger partial charge in [-0.15, -0.1) is 0 Å². The summed E-state index contributed by atoms with van der Waals surface area (Å²) in [6, 6.07) is 0. The Hall–Kier alpha value is -0.830. The average Bonchev–Trinajstić information content (AvgIpc) is 1.78. The van der Waals surface area contributed by atoms with Gasteiger partial charge in [0.25, 0.3) is 0 Å². The van der Waals surface area contributed by atoms with Gasteiger partial charge in [0.1, 0.15) is 5.76 Å². The normalized spacial score (nSPS) is 15.9. The van der Waals surface area contributed by atoms with Crippen LogP contribution in [0.2, 0.25) is 0 Å². The molecule has 1 aliphatic rings. The van der Waals surface area contributed by atoms with Crippen LogP contribution in [0.5, 0.6) is 0 Å². The molecule has 0 aromatic carbocycles. The molecule has 0 aromatic rings. The topological polar surface area (TPSA) is 52.3 Å². The zero-order valence-electron chi connectivity index (χ0n) is 5.09. The highest BCUT2D eigenvalue weighted by atomic mass is 16.5. The Morgan fingerprint density at radius 1 is 1.89 bits per heavy atom. The molecule has 9 heavy (non-hydrogen) atoms. The molecule has 0 unspecified atom stereocenters. The number of carbonyl (C=O) groups excluding carboxylic acids is 1. The quantitative estimate of drug-likeness (QED) is 0.538. The lowest BCUT2D eigenvalue weighted by Gasteiger charge is -2.12. The molecule has 1 rings (SSSR count). The molecule has 0 amide bonds. The van der Waals surface area contributed by atoms with Crippen molar-refractivity contribution in [2.24, 2.45) is 5.73 Å². The van der Waals surface area contributed by atoms with Gasteiger partial charge in [-0.2, -0.15) is 0 Å². The number of hydrogen-bond acceptors (Lipinski definition) is 3. The minimum absolute atomic E-state index is 0.0304. The van der Waals surface area contributed by atoms with Crippen LogP contribution in [0.4, 0.5) is 0 Å². The molecule has 0 saturated heterocycles. The molecule has 50 valence electrons. The van der Waals surface area contributed by atoms with Gasteiger partial charge in [0.15, 0.2) is 0 Å². The largest absolute Gasteiger partial charge is 0.430 e. The van der Waals surface area contributed by atoms with E-state index in [0.29, 0.717) is 0 Å². The molecular formula is C6H9NO2. The van der Waals surface area contributed by atoms with Crippen LogP contribution in [0.25, 0.3) is 0 Å². The van der Waals surface area contributed by atoms with E-state index >= 15 is 0 Å². The van der Waals surface area contributed by atoms with Crippen molar-refractivity contribution >= 4 is 5.97 Å². The highest BCUT2D eigenvalue weighted by Crippen LogP contribution is 2.18. The molecular weight excluding hydrogens is 118 g/mol. The third-order valence-electron chi connectivity index (χ3n) is 1.17. The van der Waals surface area contributed by atoms with E-state index < -0.39 is 0 Å². The van der Waals surface area contributed by atoms with Crippen LogP contribution < -0.4 is 5.73 Å². The van der Waals surface area contributed by atoms with E-state index in [9.17, 15) is 4.79 Å². The van der Waals surface area contributed by atoms with Gasteiger partial charge in [-0.05, 0) is 12.5 Å². The second-order valence-corrected chi connectivity index (χ2v) is 1.89. The lowest BCUT2D eigenvalue weighted by atomic mass is 10.1. The van der Waals surface area contributed by atoms with E-state index in [1.807, 2.05) is 6.08 Å². The number of allylic oxidation sites excluding steroid dienone is 2. The zero-order valence-corrected chi connectivity index (χ0v) is 5.09. The predicted octanol–water partition coefficient (Wildman–Crippen LogP) is 0.166. The van der Waals surface area contributed by atoms with E-state index in [1.54, 1.807) is 0 Å². The number of hydrogen-bond donors (Lipinski definition) is 1. The van der Waals surface area contributed by atoms with Gasteiger partial charge < -0.3 is 10.5 Å². The van der Waals surface area contributed by atoms with Crippen LogP contribution in [0, 0.1) is 0 Å². The number of carbonyl (C=O) groups is 1. The Kier molecular flexibility index (Phi) is 1.85. The number of esters is 1. The summed E-state index contributed by atoms with van der Waals surface area (Å²) in [4.78, 5) is 10.4. The molecule has 0 aromatic heterocycles. The molecule has 2 N–H and O–H groups in total. The Labute approximate surface area is 53.5 Å². The molecule has 0 saturated carbocycles. The van der Waals surface area contributed by atoms with Crippen molar-refractivity contribution in [2.75, 3.05) is 6.54 Å². The second kappa shape index (κ2) is 2.64. The van der Waals surface area contributed by atoms with Crippen LogP contribution in [0.15, 0.2) is 11.8 Å². The van der Waals surface area contributed by atoms with Crippen molar-refractivity contribution in [3.05, 3.63) is 11.8 Å². The molecule has 3 nitrogen and oxygen atoms in total.